The number of piperidine rings is 1. The normalized spacial score (nSPS) is 17.0. The number of pyridine rings is 1. The van der Waals surface area contributed by atoms with Crippen LogP contribution in [0.15, 0.2) is 42.7 Å². The molecule has 5 nitrogen and oxygen atoms in total. The van der Waals surface area contributed by atoms with Crippen molar-refractivity contribution in [3.05, 3.63) is 48.3 Å². The van der Waals surface area contributed by atoms with E-state index in [9.17, 15) is 4.79 Å². The summed E-state index contributed by atoms with van der Waals surface area (Å²) in [6, 6.07) is 10.1. The van der Waals surface area contributed by atoms with Crippen LogP contribution in [0.25, 0.3) is 11.1 Å². The van der Waals surface area contributed by atoms with Gasteiger partial charge in [-0.1, -0.05) is 12.1 Å². The van der Waals surface area contributed by atoms with Gasteiger partial charge in [-0.25, -0.2) is 0 Å². The van der Waals surface area contributed by atoms with Crippen LogP contribution in [0, 0.1) is 0 Å². The summed E-state index contributed by atoms with van der Waals surface area (Å²) in [6.45, 7) is 1.60. The molecule has 5 heteroatoms. The van der Waals surface area contributed by atoms with Crippen LogP contribution in [-0.2, 0) is 4.74 Å². The van der Waals surface area contributed by atoms with E-state index in [0.29, 0.717) is 6.04 Å². The molecule has 0 saturated carbocycles. The lowest BCUT2D eigenvalue weighted by atomic mass is 9.96. The molecule has 2 aromatic rings. The summed E-state index contributed by atoms with van der Waals surface area (Å²) in [6.07, 6.45) is 8.85. The van der Waals surface area contributed by atoms with Crippen molar-refractivity contribution in [2.24, 2.45) is 0 Å². The third-order valence-corrected chi connectivity index (χ3v) is 5.19. The molecule has 27 heavy (non-hydrogen) atoms. The van der Waals surface area contributed by atoms with Gasteiger partial charge in [-0.2, -0.15) is 0 Å². The molecule has 2 heterocycles. The molecule has 1 atom stereocenters. The van der Waals surface area contributed by atoms with Gasteiger partial charge < -0.3 is 14.4 Å². The summed E-state index contributed by atoms with van der Waals surface area (Å²) < 4.78 is 10.4. The van der Waals surface area contributed by atoms with Crippen molar-refractivity contribution < 1.29 is 14.3 Å². The number of carbonyl (C=O) groups excluding carboxylic acids is 1. The fraction of sp³-hybridized carbons (Fsp3) is 0.455. The molecular formula is C22H28N2O3. The Labute approximate surface area is 161 Å². The number of nitrogens with zero attached hydrogens (tertiary/aromatic N) is 2. The number of likely N-dealkylation sites (tertiary alicyclic amines) is 1. The van der Waals surface area contributed by atoms with Crippen LogP contribution in [0.4, 0.5) is 0 Å². The number of rotatable bonds is 7. The molecule has 0 radical (unpaired) electrons. The van der Waals surface area contributed by atoms with Crippen molar-refractivity contribution in [2.75, 3.05) is 27.4 Å². The maximum absolute atomic E-state index is 13.1. The quantitative estimate of drug-likeness (QED) is 0.688. The molecular weight excluding hydrogens is 340 g/mol. The number of carbonyl (C=O) groups is 1. The molecule has 1 fully saturated rings. The van der Waals surface area contributed by atoms with Crippen LogP contribution in [0.1, 0.15) is 42.5 Å². The molecule has 144 valence electrons. The topological polar surface area (TPSA) is 51.7 Å². The Balaban J connectivity index is 1.72. The Morgan fingerprint density at radius 2 is 1.96 bits per heavy atom. The molecule has 1 aromatic carbocycles. The number of amides is 1. The minimum atomic E-state index is 0.132. The van der Waals surface area contributed by atoms with Crippen molar-refractivity contribution in [1.82, 2.24) is 9.88 Å². The van der Waals surface area contributed by atoms with E-state index in [1.54, 1.807) is 26.6 Å². The van der Waals surface area contributed by atoms with Crippen LogP contribution in [0.5, 0.6) is 5.75 Å². The van der Waals surface area contributed by atoms with Crippen molar-refractivity contribution in [1.29, 1.82) is 0 Å². The van der Waals surface area contributed by atoms with Crippen LogP contribution in [-0.4, -0.2) is 49.2 Å². The Hall–Kier alpha value is -2.40. The molecule has 1 aliphatic rings. The highest BCUT2D eigenvalue weighted by molar-refractivity contribution is 5.95. The van der Waals surface area contributed by atoms with Crippen molar-refractivity contribution >= 4 is 5.91 Å². The van der Waals surface area contributed by atoms with Gasteiger partial charge >= 0.3 is 0 Å². The van der Waals surface area contributed by atoms with Crippen LogP contribution >= 0.6 is 0 Å². The fourth-order valence-electron chi connectivity index (χ4n) is 3.69. The van der Waals surface area contributed by atoms with Crippen LogP contribution < -0.4 is 4.74 Å². The van der Waals surface area contributed by atoms with Gasteiger partial charge in [0.15, 0.2) is 0 Å². The predicted octanol–water partition coefficient (Wildman–Crippen LogP) is 4.18. The van der Waals surface area contributed by atoms with E-state index < -0.39 is 0 Å². The lowest BCUT2D eigenvalue weighted by Gasteiger charge is -2.36. The first-order valence-corrected chi connectivity index (χ1v) is 9.62. The van der Waals surface area contributed by atoms with E-state index in [0.717, 1.165) is 61.3 Å². The number of methoxy groups -OCH3 is 2. The fourth-order valence-corrected chi connectivity index (χ4v) is 3.69. The summed E-state index contributed by atoms with van der Waals surface area (Å²) in [5.74, 6) is 0.854. The molecule has 1 aromatic heterocycles. The molecule has 1 amide bonds. The maximum Gasteiger partial charge on any atom is 0.254 e. The van der Waals surface area contributed by atoms with Gasteiger partial charge in [0.2, 0.25) is 0 Å². The van der Waals surface area contributed by atoms with Gasteiger partial charge in [0, 0.05) is 43.6 Å². The second kappa shape index (κ2) is 9.51. The zero-order valence-electron chi connectivity index (χ0n) is 16.2. The minimum absolute atomic E-state index is 0.132. The van der Waals surface area contributed by atoms with Gasteiger partial charge in [-0.15, -0.1) is 0 Å². The van der Waals surface area contributed by atoms with E-state index in [1.165, 1.54) is 6.42 Å². The lowest BCUT2D eigenvalue weighted by Crippen LogP contribution is -2.43. The van der Waals surface area contributed by atoms with Crippen LogP contribution in [0.3, 0.4) is 0 Å². The standard InChI is InChI=1S/C22H28N2O3/c1-26-13-5-7-20-6-3-4-12-24(20)22(25)18-10-8-17(9-11-18)19-14-21(27-2)16-23-15-19/h8-11,14-16,20H,3-7,12-13H2,1-2H3. The summed E-state index contributed by atoms with van der Waals surface area (Å²) in [7, 11) is 3.35. The average Bonchev–Trinajstić information content (AvgIpc) is 2.74. The molecule has 1 unspecified atom stereocenters. The molecule has 0 spiro atoms. The molecule has 0 N–H and O–H groups in total. The molecule has 1 aliphatic heterocycles. The third kappa shape index (κ3) is 4.86. The lowest BCUT2D eigenvalue weighted by molar-refractivity contribution is 0.0585. The Morgan fingerprint density at radius 1 is 1.15 bits per heavy atom. The number of hydrogen-bond donors (Lipinski definition) is 0. The first kappa shape index (κ1) is 19.4. The largest absolute Gasteiger partial charge is 0.495 e. The summed E-state index contributed by atoms with van der Waals surface area (Å²) >= 11 is 0. The Bertz CT molecular complexity index is 745. The van der Waals surface area contributed by atoms with Crippen molar-refractivity contribution in [2.45, 2.75) is 38.1 Å². The highest BCUT2D eigenvalue weighted by atomic mass is 16.5. The number of hydrogen-bond acceptors (Lipinski definition) is 4. The molecule has 0 aliphatic carbocycles. The van der Waals surface area contributed by atoms with Gasteiger partial charge in [0.05, 0.1) is 13.3 Å². The third-order valence-electron chi connectivity index (χ3n) is 5.19. The maximum atomic E-state index is 13.1. The monoisotopic (exact) mass is 368 g/mol. The van der Waals surface area contributed by atoms with Gasteiger partial charge in [-0.05, 0) is 55.9 Å². The summed E-state index contributed by atoms with van der Waals surface area (Å²) in [5.41, 5.74) is 2.74. The molecule has 0 bridgehead atoms. The highest BCUT2D eigenvalue weighted by Crippen LogP contribution is 2.26. The first-order chi connectivity index (χ1) is 13.2. The van der Waals surface area contributed by atoms with Gasteiger partial charge in [-0.3, -0.25) is 9.78 Å². The highest BCUT2D eigenvalue weighted by Gasteiger charge is 2.27. The number of aromatic nitrogens is 1. The molecule has 3 rings (SSSR count). The van der Waals surface area contributed by atoms with Crippen LogP contribution in [0.2, 0.25) is 0 Å². The van der Waals surface area contributed by atoms with E-state index in [2.05, 4.69) is 9.88 Å². The predicted molar refractivity (Wildman–Crippen MR) is 106 cm³/mol. The zero-order chi connectivity index (χ0) is 19.1. The summed E-state index contributed by atoms with van der Waals surface area (Å²) in [4.78, 5) is 19.3. The Morgan fingerprint density at radius 3 is 2.70 bits per heavy atom. The van der Waals surface area contributed by atoms with E-state index in [-0.39, 0.29) is 5.91 Å². The van der Waals surface area contributed by atoms with E-state index >= 15 is 0 Å². The Kier molecular flexibility index (Phi) is 6.82. The van der Waals surface area contributed by atoms with Gasteiger partial charge in [0.25, 0.3) is 5.91 Å². The van der Waals surface area contributed by atoms with Gasteiger partial charge in [0.1, 0.15) is 5.75 Å². The van der Waals surface area contributed by atoms with Crippen molar-refractivity contribution in [3.63, 3.8) is 0 Å². The first-order valence-electron chi connectivity index (χ1n) is 9.62. The average molecular weight is 368 g/mol. The number of benzene rings is 1. The zero-order valence-corrected chi connectivity index (χ0v) is 16.2. The summed E-state index contributed by atoms with van der Waals surface area (Å²) in [5, 5.41) is 0. The smallest absolute Gasteiger partial charge is 0.254 e. The molecule has 1 saturated heterocycles. The minimum Gasteiger partial charge on any atom is -0.495 e. The van der Waals surface area contributed by atoms with E-state index in [4.69, 9.17) is 9.47 Å². The van der Waals surface area contributed by atoms with E-state index in [1.807, 2.05) is 30.3 Å². The second-order valence-corrected chi connectivity index (χ2v) is 6.97. The second-order valence-electron chi connectivity index (χ2n) is 6.97. The SMILES string of the molecule is COCCCC1CCCCN1C(=O)c1ccc(-c2cncc(OC)c2)cc1. The number of ether oxygens (including phenoxy) is 2. The van der Waals surface area contributed by atoms with Crippen molar-refractivity contribution in [3.8, 4) is 16.9 Å².